The summed E-state index contributed by atoms with van der Waals surface area (Å²) in [5.41, 5.74) is 12.4. The Labute approximate surface area is 314 Å². The standard InChI is InChI=1S/C52H35NO/c1-2-12-36(13-3-1)41-17-11-19-46(33-41)53(50-34-42-14-4-6-20-47(42)48-21-7-8-22-49(48)50)45-30-28-38(29-31-45)37-24-26-39(27-25-37)40-16-10-18-43(32-40)52-35-44-15-5-9-23-51(44)54-52/h1-35H. The van der Waals surface area contributed by atoms with Gasteiger partial charge in [-0.1, -0.05) is 164 Å². The van der Waals surface area contributed by atoms with Gasteiger partial charge in [0.1, 0.15) is 11.3 Å². The van der Waals surface area contributed by atoms with E-state index < -0.39 is 0 Å². The van der Waals surface area contributed by atoms with Gasteiger partial charge in [-0.05, 0) is 98.1 Å². The fourth-order valence-corrected chi connectivity index (χ4v) is 7.74. The van der Waals surface area contributed by atoms with Gasteiger partial charge < -0.3 is 9.32 Å². The summed E-state index contributed by atoms with van der Waals surface area (Å²) in [5, 5.41) is 6.05. The molecule has 0 amide bonds. The molecule has 1 aromatic heterocycles. The first-order valence-electron chi connectivity index (χ1n) is 18.4. The number of furan rings is 1. The van der Waals surface area contributed by atoms with Crippen LogP contribution in [0.3, 0.4) is 0 Å². The monoisotopic (exact) mass is 689 g/mol. The summed E-state index contributed by atoms with van der Waals surface area (Å²) in [4.78, 5) is 2.41. The quantitative estimate of drug-likeness (QED) is 0.155. The first-order chi connectivity index (χ1) is 26.7. The number of hydrogen-bond donors (Lipinski definition) is 0. The van der Waals surface area contributed by atoms with Crippen LogP contribution >= 0.6 is 0 Å². The molecule has 54 heavy (non-hydrogen) atoms. The Hall–Kier alpha value is -7.16. The molecule has 2 nitrogen and oxygen atoms in total. The molecule has 0 aliphatic carbocycles. The van der Waals surface area contributed by atoms with E-state index in [9.17, 15) is 0 Å². The van der Waals surface area contributed by atoms with Gasteiger partial charge in [0.25, 0.3) is 0 Å². The van der Waals surface area contributed by atoms with E-state index >= 15 is 0 Å². The van der Waals surface area contributed by atoms with Crippen molar-refractivity contribution >= 4 is 49.6 Å². The maximum Gasteiger partial charge on any atom is 0.135 e. The lowest BCUT2D eigenvalue weighted by molar-refractivity contribution is 0.631. The molecular weight excluding hydrogens is 655 g/mol. The van der Waals surface area contributed by atoms with E-state index in [0.717, 1.165) is 44.9 Å². The molecule has 2 heteroatoms. The van der Waals surface area contributed by atoms with E-state index in [2.05, 4.69) is 199 Å². The third-order valence-electron chi connectivity index (χ3n) is 10.4. The van der Waals surface area contributed by atoms with Gasteiger partial charge in [-0.25, -0.2) is 0 Å². The predicted molar refractivity (Wildman–Crippen MR) is 228 cm³/mol. The third kappa shape index (κ3) is 5.81. The molecule has 0 saturated heterocycles. The van der Waals surface area contributed by atoms with Crippen LogP contribution in [-0.2, 0) is 0 Å². The molecule has 0 saturated carbocycles. The average Bonchev–Trinajstić information content (AvgIpc) is 3.70. The number of nitrogens with zero attached hydrogens (tertiary/aromatic N) is 1. The zero-order valence-corrected chi connectivity index (χ0v) is 29.6. The van der Waals surface area contributed by atoms with Crippen LogP contribution in [0.5, 0.6) is 0 Å². The highest BCUT2D eigenvalue weighted by Crippen LogP contribution is 2.43. The normalized spacial score (nSPS) is 11.3. The van der Waals surface area contributed by atoms with Crippen LogP contribution in [0.25, 0.3) is 77.2 Å². The van der Waals surface area contributed by atoms with Gasteiger partial charge in [0.05, 0.1) is 5.69 Å². The van der Waals surface area contributed by atoms with Gasteiger partial charge in [-0.2, -0.15) is 0 Å². The molecule has 254 valence electrons. The molecule has 0 aliphatic heterocycles. The van der Waals surface area contributed by atoms with Crippen LogP contribution in [0.15, 0.2) is 217 Å². The van der Waals surface area contributed by atoms with Crippen LogP contribution in [-0.4, -0.2) is 0 Å². The number of benzene rings is 9. The summed E-state index contributed by atoms with van der Waals surface area (Å²) >= 11 is 0. The van der Waals surface area contributed by atoms with Gasteiger partial charge in [0, 0.05) is 27.7 Å². The van der Waals surface area contributed by atoms with Gasteiger partial charge in [-0.3, -0.25) is 0 Å². The molecule has 0 radical (unpaired) electrons. The largest absolute Gasteiger partial charge is 0.456 e. The zero-order valence-electron chi connectivity index (χ0n) is 29.6. The number of fused-ring (bicyclic) bond motifs is 4. The SMILES string of the molecule is c1ccc(-c2cccc(N(c3ccc(-c4ccc(-c5cccc(-c6cc7ccccc7o6)c5)cc4)cc3)c3cc4ccccc4c4ccccc34)c2)cc1. The molecular formula is C52H35NO. The Morgan fingerprint density at radius 3 is 1.59 bits per heavy atom. The lowest BCUT2D eigenvalue weighted by Crippen LogP contribution is -2.10. The smallest absolute Gasteiger partial charge is 0.135 e. The van der Waals surface area contributed by atoms with E-state index in [1.54, 1.807) is 0 Å². The summed E-state index contributed by atoms with van der Waals surface area (Å²) in [5.74, 6) is 0.882. The van der Waals surface area contributed by atoms with Crippen LogP contribution in [0.1, 0.15) is 0 Å². The average molecular weight is 690 g/mol. The van der Waals surface area contributed by atoms with Gasteiger partial charge >= 0.3 is 0 Å². The number of hydrogen-bond acceptors (Lipinski definition) is 2. The van der Waals surface area contributed by atoms with Crippen molar-refractivity contribution in [2.24, 2.45) is 0 Å². The van der Waals surface area contributed by atoms with Crippen LogP contribution in [0, 0.1) is 0 Å². The first-order valence-corrected chi connectivity index (χ1v) is 18.4. The molecule has 0 aliphatic rings. The van der Waals surface area contributed by atoms with E-state index in [1.165, 1.54) is 49.4 Å². The lowest BCUT2D eigenvalue weighted by Gasteiger charge is -2.28. The second-order valence-electron chi connectivity index (χ2n) is 13.8. The minimum absolute atomic E-state index is 0.882. The topological polar surface area (TPSA) is 16.4 Å². The van der Waals surface area contributed by atoms with Crippen molar-refractivity contribution in [3.8, 4) is 44.7 Å². The highest BCUT2D eigenvalue weighted by Gasteiger charge is 2.18. The van der Waals surface area contributed by atoms with Crippen molar-refractivity contribution in [3.05, 3.63) is 212 Å². The highest BCUT2D eigenvalue weighted by atomic mass is 16.3. The summed E-state index contributed by atoms with van der Waals surface area (Å²) in [6, 6.07) is 75.9. The van der Waals surface area contributed by atoms with E-state index in [0.29, 0.717) is 0 Å². The van der Waals surface area contributed by atoms with Gasteiger partial charge in [-0.15, -0.1) is 0 Å². The van der Waals surface area contributed by atoms with Gasteiger partial charge in [0.15, 0.2) is 0 Å². The Morgan fingerprint density at radius 1 is 0.296 bits per heavy atom. The van der Waals surface area contributed by atoms with Crippen molar-refractivity contribution in [1.82, 2.24) is 0 Å². The van der Waals surface area contributed by atoms with Gasteiger partial charge in [0.2, 0.25) is 0 Å². The Bertz CT molecular complexity index is 2890. The molecule has 0 bridgehead atoms. The summed E-state index contributed by atoms with van der Waals surface area (Å²) in [6.07, 6.45) is 0. The maximum absolute atomic E-state index is 6.17. The number of anilines is 3. The number of para-hydroxylation sites is 1. The molecule has 10 rings (SSSR count). The fourth-order valence-electron chi connectivity index (χ4n) is 7.74. The van der Waals surface area contributed by atoms with Crippen molar-refractivity contribution in [2.45, 2.75) is 0 Å². The van der Waals surface area contributed by atoms with E-state index in [4.69, 9.17) is 4.42 Å². The van der Waals surface area contributed by atoms with Crippen molar-refractivity contribution in [2.75, 3.05) is 4.90 Å². The molecule has 0 spiro atoms. The van der Waals surface area contributed by atoms with Crippen LogP contribution in [0.2, 0.25) is 0 Å². The van der Waals surface area contributed by atoms with E-state index in [1.807, 2.05) is 18.2 Å². The molecule has 0 fully saturated rings. The molecule has 0 N–H and O–H groups in total. The minimum Gasteiger partial charge on any atom is -0.456 e. The zero-order chi connectivity index (χ0) is 35.8. The molecule has 1 heterocycles. The Kier molecular flexibility index (Phi) is 7.85. The summed E-state index contributed by atoms with van der Waals surface area (Å²) < 4.78 is 6.17. The molecule has 9 aromatic carbocycles. The fraction of sp³-hybridized carbons (Fsp3) is 0. The summed E-state index contributed by atoms with van der Waals surface area (Å²) in [7, 11) is 0. The van der Waals surface area contributed by atoms with Crippen LogP contribution in [0.4, 0.5) is 17.1 Å². The van der Waals surface area contributed by atoms with Crippen molar-refractivity contribution in [1.29, 1.82) is 0 Å². The minimum atomic E-state index is 0.882. The van der Waals surface area contributed by atoms with Crippen molar-refractivity contribution < 1.29 is 4.42 Å². The first kappa shape index (κ1) is 31.6. The lowest BCUT2D eigenvalue weighted by atomic mass is 9.97. The van der Waals surface area contributed by atoms with E-state index in [-0.39, 0.29) is 0 Å². The second kappa shape index (κ2) is 13.4. The Balaban J connectivity index is 1.02. The predicted octanol–water partition coefficient (Wildman–Crippen LogP) is 14.9. The Morgan fingerprint density at radius 2 is 0.833 bits per heavy atom. The second-order valence-corrected chi connectivity index (χ2v) is 13.8. The maximum atomic E-state index is 6.17. The van der Waals surface area contributed by atoms with Crippen molar-refractivity contribution in [3.63, 3.8) is 0 Å². The summed E-state index contributed by atoms with van der Waals surface area (Å²) in [6.45, 7) is 0. The molecule has 10 aromatic rings. The number of rotatable bonds is 7. The highest BCUT2D eigenvalue weighted by molar-refractivity contribution is 6.14. The molecule has 0 unspecified atom stereocenters. The molecule has 0 atom stereocenters. The van der Waals surface area contributed by atoms with Crippen LogP contribution < -0.4 is 4.90 Å². The third-order valence-corrected chi connectivity index (χ3v) is 10.4.